The van der Waals surface area contributed by atoms with Crippen molar-refractivity contribution in [3.8, 4) is 0 Å². The van der Waals surface area contributed by atoms with Crippen LogP contribution in [0.1, 0.15) is 13.3 Å². The maximum Gasteiger partial charge on any atom is 0.398 e. The second-order valence-electron chi connectivity index (χ2n) is 7.20. The van der Waals surface area contributed by atoms with Crippen LogP contribution in [0.15, 0.2) is 91.0 Å². The highest BCUT2D eigenvalue weighted by Gasteiger charge is 2.48. The smallest absolute Gasteiger partial charge is 0.398 e. The van der Waals surface area contributed by atoms with Gasteiger partial charge >= 0.3 is 12.1 Å². The number of hydrogen-bond acceptors (Lipinski definition) is 2. The molecule has 0 aliphatic rings. The van der Waals surface area contributed by atoms with Crippen LogP contribution in [-0.2, 0) is 9.59 Å². The number of carbonyl (C=O) groups is 2. The molecule has 0 aliphatic carbocycles. The zero-order valence-electron chi connectivity index (χ0n) is 17.3. The summed E-state index contributed by atoms with van der Waals surface area (Å²) in [5.41, 5.74) is 0. The van der Waals surface area contributed by atoms with Crippen LogP contribution in [-0.4, -0.2) is 28.3 Å². The summed E-state index contributed by atoms with van der Waals surface area (Å²) in [7, 11) is 0. The predicted octanol–water partition coefficient (Wildman–Crippen LogP) is 4.40. The van der Waals surface area contributed by atoms with Gasteiger partial charge in [-0.2, -0.15) is 13.2 Å². The zero-order valence-corrected chi connectivity index (χ0v) is 18.2. The number of alkyl halides is 3. The van der Waals surface area contributed by atoms with Crippen LogP contribution in [0.3, 0.4) is 0 Å². The maximum atomic E-state index is 13.8. The number of rotatable bonds is 7. The summed E-state index contributed by atoms with van der Waals surface area (Å²) in [6, 6.07) is 25.5. The van der Waals surface area contributed by atoms with Crippen molar-refractivity contribution in [1.82, 2.24) is 0 Å². The second-order valence-corrected chi connectivity index (χ2v) is 10.5. The summed E-state index contributed by atoms with van der Waals surface area (Å²) in [6.45, 7) is -2.21. The quantitative estimate of drug-likeness (QED) is 0.422. The molecule has 0 spiro atoms. The fourth-order valence-corrected chi connectivity index (χ4v) is 8.23. The molecule has 32 heavy (non-hydrogen) atoms. The van der Waals surface area contributed by atoms with Crippen molar-refractivity contribution in [2.45, 2.75) is 19.5 Å². The van der Waals surface area contributed by atoms with Crippen LogP contribution < -0.4 is 15.9 Å². The normalized spacial score (nSPS) is 12.8. The molecule has 0 saturated heterocycles. The van der Waals surface area contributed by atoms with Gasteiger partial charge in [-0.15, -0.1) is 0 Å². The first-order valence-electron chi connectivity index (χ1n) is 10.0. The van der Waals surface area contributed by atoms with Gasteiger partial charge in [0.15, 0.2) is 5.78 Å². The molecule has 0 aromatic heterocycles. The lowest BCUT2D eigenvalue weighted by Gasteiger charge is -2.32. The van der Waals surface area contributed by atoms with Crippen molar-refractivity contribution in [3.63, 3.8) is 0 Å². The van der Waals surface area contributed by atoms with E-state index in [1.54, 1.807) is 91.0 Å². The number of aliphatic carboxylic acids is 1. The Morgan fingerprint density at radius 1 is 0.781 bits per heavy atom. The van der Waals surface area contributed by atoms with Crippen LogP contribution in [0, 0.1) is 5.92 Å². The Hall–Kier alpha value is -3.11. The van der Waals surface area contributed by atoms with E-state index < -0.39 is 42.4 Å². The molecule has 1 N–H and O–H groups in total. The fourth-order valence-electron chi connectivity index (χ4n) is 3.93. The van der Waals surface area contributed by atoms with Crippen molar-refractivity contribution in [2.24, 2.45) is 5.92 Å². The van der Waals surface area contributed by atoms with Gasteiger partial charge in [-0.3, -0.25) is 4.79 Å². The van der Waals surface area contributed by atoms with E-state index in [1.165, 1.54) is 6.92 Å². The topological polar surface area (TPSA) is 54.4 Å². The van der Waals surface area contributed by atoms with E-state index in [-0.39, 0.29) is 0 Å². The van der Waals surface area contributed by atoms with Gasteiger partial charge in [0.05, 0.1) is 0 Å². The summed E-state index contributed by atoms with van der Waals surface area (Å²) in [6.07, 6.45) is -5.40. The lowest BCUT2D eigenvalue weighted by molar-refractivity contribution is -0.177. The lowest BCUT2D eigenvalue weighted by Crippen LogP contribution is -2.43. The fraction of sp³-hybridized carbons (Fsp3) is 0.160. The number of ketones is 1. The summed E-state index contributed by atoms with van der Waals surface area (Å²) < 4.78 is 41.3. The van der Waals surface area contributed by atoms with Crippen LogP contribution >= 0.6 is 6.89 Å². The molecule has 3 rings (SSSR count). The molecule has 0 bridgehead atoms. The molecule has 3 aromatic rings. The van der Waals surface area contributed by atoms with Crippen molar-refractivity contribution < 1.29 is 27.9 Å². The number of hydrogen-bond donors (Lipinski definition) is 1. The first-order valence-corrected chi connectivity index (χ1v) is 11.8. The molecular formula is C25H22F3O3P. The molecule has 0 amide bonds. The Morgan fingerprint density at radius 3 is 1.38 bits per heavy atom. The Balaban J connectivity index is 2.62. The molecule has 3 aromatic carbocycles. The maximum absolute atomic E-state index is 13.8. The van der Waals surface area contributed by atoms with E-state index in [0.717, 1.165) is 0 Å². The predicted molar refractivity (Wildman–Crippen MR) is 123 cm³/mol. The molecule has 3 nitrogen and oxygen atoms in total. The van der Waals surface area contributed by atoms with E-state index in [9.17, 15) is 27.9 Å². The highest BCUT2D eigenvalue weighted by atomic mass is 31.2. The Bertz CT molecular complexity index is 1040. The van der Waals surface area contributed by atoms with Gasteiger partial charge in [-0.25, -0.2) is 4.79 Å². The van der Waals surface area contributed by atoms with Gasteiger partial charge < -0.3 is 5.11 Å². The van der Waals surface area contributed by atoms with E-state index in [1.807, 2.05) is 0 Å². The zero-order chi connectivity index (χ0) is 23.4. The van der Waals surface area contributed by atoms with Gasteiger partial charge in [0.1, 0.15) is 11.2 Å². The van der Waals surface area contributed by atoms with Crippen molar-refractivity contribution in [2.75, 3.05) is 0 Å². The molecular weight excluding hydrogens is 436 g/mol. The second kappa shape index (κ2) is 9.58. The van der Waals surface area contributed by atoms with Gasteiger partial charge in [0, 0.05) is 0 Å². The van der Waals surface area contributed by atoms with Gasteiger partial charge in [-0.05, 0) is 29.2 Å². The number of benzene rings is 3. The van der Waals surface area contributed by atoms with Crippen molar-refractivity contribution >= 4 is 39.8 Å². The number of carboxylic acids is 1. The summed E-state index contributed by atoms with van der Waals surface area (Å²) in [5.74, 6) is -5.43. The standard InChI is InChI=1S/C25H22F3O3P/c1-2-21(25(26,27)28)22(29)23(24(30)31)32(18-12-6-3-7-13-18,19-14-8-4-9-15-19)20-16-10-5-11-17-20/h3-17,21H,2H2,1H3,(H,30,31). The minimum absolute atomic E-state index is 0.500. The highest BCUT2D eigenvalue weighted by Crippen LogP contribution is 2.47. The summed E-state index contributed by atoms with van der Waals surface area (Å²) in [4.78, 5) is 26.1. The molecule has 166 valence electrons. The number of halogens is 3. The van der Waals surface area contributed by atoms with Gasteiger partial charge in [-0.1, -0.05) is 97.9 Å². The molecule has 1 atom stereocenters. The molecule has 1 unspecified atom stereocenters. The molecule has 0 aliphatic heterocycles. The summed E-state index contributed by atoms with van der Waals surface area (Å²) in [5, 5.41) is 11.1. The average molecular weight is 458 g/mol. The first kappa shape index (κ1) is 23.6. The van der Waals surface area contributed by atoms with Crippen molar-refractivity contribution in [1.29, 1.82) is 0 Å². The SMILES string of the molecule is CCC(C(=O)C(C(=O)O)=P(c1ccccc1)(c1ccccc1)c1ccccc1)C(F)(F)F. The summed E-state index contributed by atoms with van der Waals surface area (Å²) >= 11 is 0. The molecule has 0 radical (unpaired) electrons. The average Bonchev–Trinajstić information content (AvgIpc) is 2.78. The number of Topliss-reactive ketones (excluding diaryl/α,β-unsaturated/α-hetero) is 1. The van der Waals surface area contributed by atoms with Gasteiger partial charge in [0.25, 0.3) is 0 Å². The molecule has 0 fully saturated rings. The van der Waals surface area contributed by atoms with E-state index in [0.29, 0.717) is 15.9 Å². The van der Waals surface area contributed by atoms with E-state index in [4.69, 9.17) is 0 Å². The third-order valence-corrected chi connectivity index (χ3v) is 9.62. The Labute approximate surface area is 184 Å². The van der Waals surface area contributed by atoms with Crippen LogP contribution in [0.2, 0.25) is 0 Å². The van der Waals surface area contributed by atoms with E-state index >= 15 is 0 Å². The van der Waals surface area contributed by atoms with Crippen LogP contribution in [0.25, 0.3) is 0 Å². The van der Waals surface area contributed by atoms with Crippen molar-refractivity contribution in [3.05, 3.63) is 91.0 Å². The monoisotopic (exact) mass is 458 g/mol. The van der Waals surface area contributed by atoms with Gasteiger partial charge in [0.2, 0.25) is 0 Å². The lowest BCUT2D eigenvalue weighted by atomic mass is 9.98. The molecule has 0 saturated carbocycles. The number of carbonyl (C=O) groups excluding carboxylic acids is 1. The minimum Gasteiger partial charge on any atom is -0.478 e. The Kier molecular flexibility index (Phi) is 7.05. The Morgan fingerprint density at radius 2 is 1.12 bits per heavy atom. The molecule has 7 heteroatoms. The minimum atomic E-state index is -4.85. The van der Waals surface area contributed by atoms with Crippen LogP contribution in [0.5, 0.6) is 0 Å². The highest BCUT2D eigenvalue weighted by molar-refractivity contribution is 7.97. The molecule has 0 heterocycles. The third kappa shape index (κ3) is 4.28. The van der Waals surface area contributed by atoms with E-state index in [2.05, 4.69) is 0 Å². The first-order chi connectivity index (χ1) is 15.2. The van der Waals surface area contributed by atoms with Crippen LogP contribution in [0.4, 0.5) is 13.2 Å². The third-order valence-electron chi connectivity index (χ3n) is 5.32. The number of carboxylic acid groups (broad SMARTS) is 1. The largest absolute Gasteiger partial charge is 0.478 e.